The van der Waals surface area contributed by atoms with Crippen LogP contribution in [0.4, 0.5) is 0 Å². The van der Waals surface area contributed by atoms with Crippen molar-refractivity contribution in [1.82, 2.24) is 5.32 Å². The first-order valence-corrected chi connectivity index (χ1v) is 6.13. The van der Waals surface area contributed by atoms with Crippen molar-refractivity contribution in [1.29, 1.82) is 0 Å². The van der Waals surface area contributed by atoms with E-state index in [0.29, 0.717) is 18.2 Å². The fourth-order valence-corrected chi connectivity index (χ4v) is 2.00. The van der Waals surface area contributed by atoms with Crippen LogP contribution in [0.15, 0.2) is 21.3 Å². The molecule has 18 heavy (non-hydrogen) atoms. The molecule has 0 unspecified atom stereocenters. The van der Waals surface area contributed by atoms with Crippen LogP contribution in [-0.4, -0.2) is 25.7 Å². The predicted octanol–water partition coefficient (Wildman–Crippen LogP) is 1.10. The average Bonchev–Trinajstić information content (AvgIpc) is 2.80. The third-order valence-corrected chi connectivity index (χ3v) is 2.98. The summed E-state index contributed by atoms with van der Waals surface area (Å²) in [6.45, 7) is 3.80. The Balaban J connectivity index is 1.85. The SMILES string of the molecule is Cc1cc(=O)cc(C(=O)NCC[C@H]2CCOC2)o1. The van der Waals surface area contributed by atoms with E-state index in [-0.39, 0.29) is 17.1 Å². The van der Waals surface area contributed by atoms with Gasteiger partial charge in [0, 0.05) is 31.9 Å². The quantitative estimate of drug-likeness (QED) is 0.870. The smallest absolute Gasteiger partial charge is 0.287 e. The Morgan fingerprint density at radius 2 is 2.33 bits per heavy atom. The second-order valence-corrected chi connectivity index (χ2v) is 4.54. The molecule has 0 radical (unpaired) electrons. The van der Waals surface area contributed by atoms with E-state index in [2.05, 4.69) is 5.32 Å². The standard InChI is InChI=1S/C13H17NO4/c1-9-6-11(15)7-12(18-9)13(16)14-4-2-10-3-5-17-8-10/h6-7,10H,2-5,8H2,1H3,(H,14,16)/t10-/m0/s1. The highest BCUT2D eigenvalue weighted by molar-refractivity contribution is 5.91. The van der Waals surface area contributed by atoms with Crippen LogP contribution in [0.1, 0.15) is 29.2 Å². The molecule has 1 saturated heterocycles. The Labute approximate surface area is 105 Å². The molecule has 0 bridgehead atoms. The molecule has 0 aromatic carbocycles. The van der Waals surface area contributed by atoms with Crippen molar-refractivity contribution in [3.63, 3.8) is 0 Å². The van der Waals surface area contributed by atoms with Gasteiger partial charge in [0.05, 0.1) is 0 Å². The summed E-state index contributed by atoms with van der Waals surface area (Å²) in [5.74, 6) is 0.698. The van der Waals surface area contributed by atoms with Crippen LogP contribution in [0.3, 0.4) is 0 Å². The topological polar surface area (TPSA) is 68.5 Å². The number of nitrogens with one attached hydrogen (secondary N) is 1. The van der Waals surface area contributed by atoms with Gasteiger partial charge in [0.25, 0.3) is 5.91 Å². The van der Waals surface area contributed by atoms with Gasteiger partial charge in [0.15, 0.2) is 11.2 Å². The number of ether oxygens (including phenoxy) is 1. The van der Waals surface area contributed by atoms with Gasteiger partial charge >= 0.3 is 0 Å². The van der Waals surface area contributed by atoms with Crippen LogP contribution in [0.2, 0.25) is 0 Å². The number of hydrogen-bond donors (Lipinski definition) is 1. The van der Waals surface area contributed by atoms with Gasteiger partial charge in [-0.15, -0.1) is 0 Å². The van der Waals surface area contributed by atoms with Crippen molar-refractivity contribution < 1.29 is 13.9 Å². The van der Waals surface area contributed by atoms with E-state index in [1.807, 2.05) is 0 Å². The Morgan fingerprint density at radius 1 is 1.50 bits per heavy atom. The summed E-state index contributed by atoms with van der Waals surface area (Å²) >= 11 is 0. The van der Waals surface area contributed by atoms with Gasteiger partial charge < -0.3 is 14.5 Å². The van der Waals surface area contributed by atoms with Crippen molar-refractivity contribution in [2.24, 2.45) is 5.92 Å². The molecule has 1 aromatic rings. The molecule has 1 atom stereocenters. The van der Waals surface area contributed by atoms with Gasteiger partial charge in [-0.2, -0.15) is 0 Å². The predicted molar refractivity (Wildman–Crippen MR) is 65.6 cm³/mol. The van der Waals surface area contributed by atoms with Crippen molar-refractivity contribution >= 4 is 5.91 Å². The molecular formula is C13H17NO4. The molecule has 5 nitrogen and oxygen atoms in total. The molecule has 1 aliphatic rings. The first kappa shape index (κ1) is 12.8. The van der Waals surface area contributed by atoms with E-state index in [1.165, 1.54) is 12.1 Å². The third-order valence-electron chi connectivity index (χ3n) is 2.98. The van der Waals surface area contributed by atoms with E-state index < -0.39 is 0 Å². The van der Waals surface area contributed by atoms with Crippen LogP contribution in [-0.2, 0) is 4.74 Å². The highest BCUT2D eigenvalue weighted by atomic mass is 16.5. The monoisotopic (exact) mass is 251 g/mol. The number of carbonyl (C=O) groups is 1. The first-order valence-electron chi connectivity index (χ1n) is 6.13. The number of aryl methyl sites for hydroxylation is 1. The van der Waals surface area contributed by atoms with Crippen LogP contribution >= 0.6 is 0 Å². The minimum absolute atomic E-state index is 0.0719. The lowest BCUT2D eigenvalue weighted by Crippen LogP contribution is -2.27. The van der Waals surface area contributed by atoms with E-state index in [4.69, 9.17) is 9.15 Å². The zero-order chi connectivity index (χ0) is 13.0. The molecule has 98 valence electrons. The molecule has 1 amide bonds. The molecule has 1 aliphatic heterocycles. The summed E-state index contributed by atoms with van der Waals surface area (Å²) in [6, 6.07) is 2.56. The fourth-order valence-electron chi connectivity index (χ4n) is 2.00. The summed E-state index contributed by atoms with van der Waals surface area (Å²) in [6.07, 6.45) is 1.94. The van der Waals surface area contributed by atoms with Gasteiger partial charge in [-0.1, -0.05) is 0 Å². The molecule has 1 fully saturated rings. The Kier molecular flexibility index (Phi) is 4.15. The lowest BCUT2D eigenvalue weighted by molar-refractivity contribution is 0.0918. The van der Waals surface area contributed by atoms with Crippen LogP contribution < -0.4 is 10.7 Å². The summed E-state index contributed by atoms with van der Waals surface area (Å²) in [4.78, 5) is 23.0. The van der Waals surface area contributed by atoms with Crippen LogP contribution in [0, 0.1) is 12.8 Å². The summed E-state index contributed by atoms with van der Waals surface area (Å²) < 4.78 is 10.5. The minimum atomic E-state index is -0.338. The van der Waals surface area contributed by atoms with Crippen molar-refractivity contribution in [3.05, 3.63) is 33.9 Å². The molecule has 0 saturated carbocycles. The van der Waals surface area contributed by atoms with E-state index in [0.717, 1.165) is 26.1 Å². The van der Waals surface area contributed by atoms with Crippen LogP contribution in [0.5, 0.6) is 0 Å². The second-order valence-electron chi connectivity index (χ2n) is 4.54. The maximum atomic E-state index is 11.7. The third kappa shape index (κ3) is 3.43. The normalized spacial score (nSPS) is 18.8. The molecular weight excluding hydrogens is 234 g/mol. The van der Waals surface area contributed by atoms with Gasteiger partial charge in [0.1, 0.15) is 5.76 Å². The molecule has 5 heteroatoms. The highest BCUT2D eigenvalue weighted by Gasteiger charge is 2.16. The molecule has 1 N–H and O–H groups in total. The summed E-state index contributed by atoms with van der Waals surface area (Å²) in [5.41, 5.74) is -0.215. The Morgan fingerprint density at radius 3 is 3.00 bits per heavy atom. The first-order chi connectivity index (χ1) is 8.65. The van der Waals surface area contributed by atoms with Crippen molar-refractivity contribution in [2.45, 2.75) is 19.8 Å². The maximum Gasteiger partial charge on any atom is 0.287 e. The fraction of sp³-hybridized carbons (Fsp3) is 0.538. The van der Waals surface area contributed by atoms with Crippen LogP contribution in [0.25, 0.3) is 0 Å². The second kappa shape index (κ2) is 5.82. The Hall–Kier alpha value is -1.62. The summed E-state index contributed by atoms with van der Waals surface area (Å²) in [7, 11) is 0. The Bertz CT molecular complexity index is 474. The lowest BCUT2D eigenvalue weighted by Gasteiger charge is -2.08. The van der Waals surface area contributed by atoms with E-state index in [1.54, 1.807) is 6.92 Å². The summed E-state index contributed by atoms with van der Waals surface area (Å²) in [5, 5.41) is 2.75. The minimum Gasteiger partial charge on any atom is -0.456 e. The highest BCUT2D eigenvalue weighted by Crippen LogP contribution is 2.15. The molecule has 1 aromatic heterocycles. The molecule has 0 spiro atoms. The number of rotatable bonds is 4. The zero-order valence-electron chi connectivity index (χ0n) is 10.4. The molecule has 0 aliphatic carbocycles. The number of amides is 1. The largest absolute Gasteiger partial charge is 0.456 e. The number of hydrogen-bond acceptors (Lipinski definition) is 4. The zero-order valence-corrected chi connectivity index (χ0v) is 10.4. The van der Waals surface area contributed by atoms with Gasteiger partial charge in [-0.25, -0.2) is 0 Å². The molecule has 2 heterocycles. The van der Waals surface area contributed by atoms with Gasteiger partial charge in [0.2, 0.25) is 0 Å². The van der Waals surface area contributed by atoms with Gasteiger partial charge in [-0.05, 0) is 25.7 Å². The lowest BCUT2D eigenvalue weighted by atomic mass is 10.1. The maximum absolute atomic E-state index is 11.7. The van der Waals surface area contributed by atoms with Crippen molar-refractivity contribution in [2.75, 3.05) is 19.8 Å². The van der Waals surface area contributed by atoms with Gasteiger partial charge in [-0.3, -0.25) is 9.59 Å². The van der Waals surface area contributed by atoms with Crippen molar-refractivity contribution in [3.8, 4) is 0 Å². The average molecular weight is 251 g/mol. The molecule has 2 rings (SSSR count). The number of carbonyl (C=O) groups excluding carboxylic acids is 1. The van der Waals surface area contributed by atoms with E-state index >= 15 is 0 Å². The van der Waals surface area contributed by atoms with E-state index in [9.17, 15) is 9.59 Å².